The molecule has 0 spiro atoms. The highest BCUT2D eigenvalue weighted by Crippen LogP contribution is 2.24. The first kappa shape index (κ1) is 17.1. The van der Waals surface area contributed by atoms with Crippen molar-refractivity contribution in [2.24, 2.45) is 0 Å². The van der Waals surface area contributed by atoms with Crippen LogP contribution >= 0.6 is 11.8 Å². The average Bonchev–Trinajstić information content (AvgIpc) is 2.99. The number of benzene rings is 1. The Balaban J connectivity index is 2.14. The largest absolute Gasteiger partial charge is 0.573 e. The molecule has 0 aliphatic carbocycles. The van der Waals surface area contributed by atoms with Gasteiger partial charge in [-0.1, -0.05) is 17.3 Å². The molecule has 1 N–H and O–H groups in total. The predicted molar refractivity (Wildman–Crippen MR) is 77.8 cm³/mol. The number of halogens is 3. The summed E-state index contributed by atoms with van der Waals surface area (Å²) in [6.45, 7) is 0.127. The van der Waals surface area contributed by atoms with E-state index >= 15 is 0 Å². The van der Waals surface area contributed by atoms with E-state index in [1.165, 1.54) is 41.1 Å². The van der Waals surface area contributed by atoms with Gasteiger partial charge in [-0.25, -0.2) is 0 Å². The van der Waals surface area contributed by atoms with Gasteiger partial charge in [0.05, 0.1) is 12.1 Å². The summed E-state index contributed by atoms with van der Waals surface area (Å²) >= 11 is 1.40. The van der Waals surface area contributed by atoms with E-state index in [4.69, 9.17) is 0 Å². The van der Waals surface area contributed by atoms with Gasteiger partial charge >= 0.3 is 6.36 Å². The van der Waals surface area contributed by atoms with E-state index in [0.717, 1.165) is 0 Å². The van der Waals surface area contributed by atoms with Crippen molar-refractivity contribution in [3.8, 4) is 5.75 Å². The summed E-state index contributed by atoms with van der Waals surface area (Å²) in [7, 11) is 0. The summed E-state index contributed by atoms with van der Waals surface area (Å²) in [4.78, 5) is 13.7. The summed E-state index contributed by atoms with van der Waals surface area (Å²) in [5.74, 6) is -0.334. The Kier molecular flexibility index (Phi) is 5.48. The summed E-state index contributed by atoms with van der Waals surface area (Å²) in [6, 6.07) is 5.51. The highest BCUT2D eigenvalue weighted by atomic mass is 32.2. The third-order valence-corrected chi connectivity index (χ3v) is 3.28. The average molecular weight is 346 g/mol. The Bertz CT molecular complexity index is 649. The molecule has 2 rings (SSSR count). The minimum absolute atomic E-state index is 0.127. The Hall–Kier alpha value is -2.23. The second-order valence-corrected chi connectivity index (χ2v) is 5.31. The number of hydrogen-bond acceptors (Lipinski definition) is 5. The number of carbonyl (C=O) groups excluding carboxylic acids is 1. The number of thioether (sulfide) groups is 1. The van der Waals surface area contributed by atoms with Crippen molar-refractivity contribution in [3.05, 3.63) is 41.7 Å². The molecule has 0 unspecified atom stereocenters. The molecule has 0 aliphatic heterocycles. The van der Waals surface area contributed by atoms with Crippen LogP contribution in [0.25, 0.3) is 0 Å². The number of hydrogen-bond donors (Lipinski definition) is 1. The number of H-pyrrole nitrogens is 1. The SMILES string of the molecule is CSCN(Cc1cccc(OC(F)(F)F)c1)C(=O)c1c[nH]nn1. The Morgan fingerprint density at radius 3 is 2.83 bits per heavy atom. The molecule has 0 fully saturated rings. The second kappa shape index (κ2) is 7.36. The fraction of sp³-hybridized carbons (Fsp3) is 0.308. The van der Waals surface area contributed by atoms with Crippen LogP contribution in [0.2, 0.25) is 0 Å². The number of nitrogens with one attached hydrogen (secondary N) is 1. The molecule has 1 aromatic heterocycles. The Labute approximate surface area is 134 Å². The molecule has 23 heavy (non-hydrogen) atoms. The van der Waals surface area contributed by atoms with Crippen molar-refractivity contribution in [2.75, 3.05) is 12.1 Å². The van der Waals surface area contributed by atoms with Crippen molar-refractivity contribution >= 4 is 17.7 Å². The van der Waals surface area contributed by atoms with E-state index in [0.29, 0.717) is 11.4 Å². The lowest BCUT2D eigenvalue weighted by atomic mass is 10.2. The summed E-state index contributed by atoms with van der Waals surface area (Å²) in [5.41, 5.74) is 0.652. The number of ether oxygens (including phenoxy) is 1. The van der Waals surface area contributed by atoms with Crippen LogP contribution in [0.15, 0.2) is 30.5 Å². The highest BCUT2D eigenvalue weighted by Gasteiger charge is 2.31. The third-order valence-electron chi connectivity index (χ3n) is 2.71. The van der Waals surface area contributed by atoms with Crippen LogP contribution < -0.4 is 4.74 Å². The van der Waals surface area contributed by atoms with Gasteiger partial charge in [-0.15, -0.1) is 30.0 Å². The summed E-state index contributed by atoms with van der Waals surface area (Å²) in [5, 5.41) is 9.57. The van der Waals surface area contributed by atoms with Gasteiger partial charge in [0.1, 0.15) is 5.75 Å². The number of nitrogens with zero attached hydrogens (tertiary/aromatic N) is 3. The Morgan fingerprint density at radius 2 is 2.22 bits per heavy atom. The van der Waals surface area contributed by atoms with Crippen LogP contribution in [0, 0.1) is 0 Å². The second-order valence-electron chi connectivity index (χ2n) is 4.47. The maximum Gasteiger partial charge on any atom is 0.573 e. The third kappa shape index (κ3) is 5.16. The maximum atomic E-state index is 12.3. The fourth-order valence-electron chi connectivity index (χ4n) is 1.86. The lowest BCUT2D eigenvalue weighted by Crippen LogP contribution is -2.30. The van der Waals surface area contributed by atoms with Gasteiger partial charge in [0, 0.05) is 6.54 Å². The topological polar surface area (TPSA) is 71.1 Å². The molecule has 0 saturated carbocycles. The van der Waals surface area contributed by atoms with Gasteiger partial charge in [0.2, 0.25) is 0 Å². The van der Waals surface area contributed by atoms with Crippen LogP contribution in [0.5, 0.6) is 5.75 Å². The fourth-order valence-corrected chi connectivity index (χ4v) is 2.38. The standard InChI is InChI=1S/C13H13F3N4O2S/c1-23-8-20(12(21)11-6-17-19-18-11)7-9-3-2-4-10(5-9)22-13(14,15)16/h2-6H,7-8H2,1H3,(H,17,18,19). The zero-order valence-electron chi connectivity index (χ0n) is 12.0. The quantitative estimate of drug-likeness (QED) is 0.814. The van der Waals surface area contributed by atoms with Crippen LogP contribution in [-0.2, 0) is 6.54 Å². The minimum atomic E-state index is -4.76. The summed E-state index contributed by atoms with van der Waals surface area (Å²) < 4.78 is 40.7. The number of aromatic amines is 1. The van der Waals surface area contributed by atoms with Crippen LogP contribution in [0.1, 0.15) is 16.1 Å². The molecule has 0 aliphatic rings. The zero-order chi connectivity index (χ0) is 16.9. The van der Waals surface area contributed by atoms with Gasteiger partial charge in [0.15, 0.2) is 5.69 Å². The minimum Gasteiger partial charge on any atom is -0.406 e. The van der Waals surface area contributed by atoms with Crippen molar-refractivity contribution < 1.29 is 22.7 Å². The van der Waals surface area contributed by atoms with E-state index in [-0.39, 0.29) is 23.9 Å². The maximum absolute atomic E-state index is 12.3. The van der Waals surface area contributed by atoms with Gasteiger partial charge in [-0.3, -0.25) is 9.89 Å². The van der Waals surface area contributed by atoms with Crippen LogP contribution in [0.4, 0.5) is 13.2 Å². The lowest BCUT2D eigenvalue weighted by Gasteiger charge is -2.21. The molecule has 1 aromatic carbocycles. The van der Waals surface area contributed by atoms with E-state index in [2.05, 4.69) is 20.1 Å². The van der Waals surface area contributed by atoms with Crippen molar-refractivity contribution in [1.82, 2.24) is 20.3 Å². The smallest absolute Gasteiger partial charge is 0.406 e. The molecule has 6 nitrogen and oxygen atoms in total. The van der Waals surface area contributed by atoms with Crippen molar-refractivity contribution in [2.45, 2.75) is 12.9 Å². The molecule has 0 saturated heterocycles. The van der Waals surface area contributed by atoms with Gasteiger partial charge in [0.25, 0.3) is 5.91 Å². The van der Waals surface area contributed by atoms with Crippen molar-refractivity contribution in [3.63, 3.8) is 0 Å². The van der Waals surface area contributed by atoms with E-state index in [1.807, 2.05) is 6.26 Å². The van der Waals surface area contributed by atoms with Gasteiger partial charge in [-0.05, 0) is 24.0 Å². The first-order valence-electron chi connectivity index (χ1n) is 6.38. The van der Waals surface area contributed by atoms with Gasteiger partial charge < -0.3 is 9.64 Å². The number of rotatable bonds is 6. The molecule has 1 amide bonds. The monoisotopic (exact) mass is 346 g/mol. The highest BCUT2D eigenvalue weighted by molar-refractivity contribution is 7.98. The molecule has 0 atom stereocenters. The van der Waals surface area contributed by atoms with Crippen LogP contribution in [-0.4, -0.2) is 44.7 Å². The first-order chi connectivity index (χ1) is 10.9. The van der Waals surface area contributed by atoms with E-state index < -0.39 is 6.36 Å². The Morgan fingerprint density at radius 1 is 1.43 bits per heavy atom. The number of alkyl halides is 3. The molecule has 10 heteroatoms. The molecule has 2 aromatic rings. The number of carbonyl (C=O) groups is 1. The zero-order valence-corrected chi connectivity index (χ0v) is 12.8. The molecule has 124 valence electrons. The van der Waals surface area contributed by atoms with E-state index in [1.54, 1.807) is 6.07 Å². The molecular weight excluding hydrogens is 333 g/mol. The number of aromatic nitrogens is 3. The molecule has 0 radical (unpaired) electrons. The molecular formula is C13H13F3N4O2S. The predicted octanol–water partition coefficient (Wildman–Crippen LogP) is 2.67. The first-order valence-corrected chi connectivity index (χ1v) is 7.78. The number of amides is 1. The van der Waals surface area contributed by atoms with Crippen LogP contribution in [0.3, 0.4) is 0 Å². The molecule has 0 bridgehead atoms. The van der Waals surface area contributed by atoms with Crippen molar-refractivity contribution in [1.29, 1.82) is 0 Å². The van der Waals surface area contributed by atoms with E-state index in [9.17, 15) is 18.0 Å². The van der Waals surface area contributed by atoms with Gasteiger partial charge in [-0.2, -0.15) is 0 Å². The molecule has 1 heterocycles. The lowest BCUT2D eigenvalue weighted by molar-refractivity contribution is -0.274. The normalized spacial score (nSPS) is 11.3. The summed E-state index contributed by atoms with van der Waals surface area (Å²) in [6.07, 6.45) is -1.58.